The van der Waals surface area contributed by atoms with Crippen molar-refractivity contribution in [2.45, 2.75) is 0 Å². The molecule has 0 atom stereocenters. The molecular weight excluding hydrogens is 476 g/mol. The summed E-state index contributed by atoms with van der Waals surface area (Å²) in [6.07, 6.45) is 1.61. The van der Waals surface area contributed by atoms with Crippen molar-refractivity contribution in [3.05, 3.63) is 120 Å². The monoisotopic (exact) mass is 502 g/mol. The van der Waals surface area contributed by atoms with Crippen LogP contribution in [0.15, 0.2) is 113 Å². The Morgan fingerprint density at radius 2 is 1.42 bits per heavy atom. The van der Waals surface area contributed by atoms with E-state index >= 15 is 0 Å². The lowest BCUT2D eigenvalue weighted by molar-refractivity contribution is -0.117. The summed E-state index contributed by atoms with van der Waals surface area (Å²) in [5.41, 5.74) is 4.66. The molecule has 5 aromatic rings. The number of carbonyl (C=O) groups is 2. The third kappa shape index (κ3) is 4.92. The summed E-state index contributed by atoms with van der Waals surface area (Å²) < 4.78 is 12.1. The molecule has 0 aliphatic rings. The van der Waals surface area contributed by atoms with Gasteiger partial charge in [-0.25, -0.2) is 0 Å². The molecular formula is C32H26N2O4. The topological polar surface area (TPSA) is 80.6 Å². The normalized spacial score (nSPS) is 11.3. The summed E-state index contributed by atoms with van der Waals surface area (Å²) in [6.45, 7) is 0. The number of rotatable bonds is 7. The molecule has 0 aliphatic heterocycles. The van der Waals surface area contributed by atoms with Gasteiger partial charge in [0.25, 0.3) is 11.8 Å². The van der Waals surface area contributed by atoms with Crippen molar-refractivity contribution in [2.75, 3.05) is 14.2 Å². The molecule has 1 aromatic heterocycles. The summed E-state index contributed by atoms with van der Waals surface area (Å²) in [5.74, 6) is 0.414. The number of nitrogens with one attached hydrogen (secondary N) is 2. The van der Waals surface area contributed by atoms with Crippen LogP contribution in [-0.2, 0) is 4.79 Å². The Kier molecular flexibility index (Phi) is 7.04. The quantitative estimate of drug-likeness (QED) is 0.256. The fourth-order valence-corrected chi connectivity index (χ4v) is 4.35. The first-order chi connectivity index (χ1) is 18.6. The van der Waals surface area contributed by atoms with Crippen molar-refractivity contribution in [3.8, 4) is 28.2 Å². The largest absolute Gasteiger partial charge is 0.496 e. The summed E-state index contributed by atoms with van der Waals surface area (Å²) >= 11 is 0. The van der Waals surface area contributed by atoms with Gasteiger partial charge in [-0.1, -0.05) is 78.9 Å². The third-order valence-corrected chi connectivity index (χ3v) is 6.19. The maximum Gasteiger partial charge on any atom is 0.267 e. The van der Waals surface area contributed by atoms with Crippen LogP contribution in [0.2, 0.25) is 0 Å². The molecule has 4 aromatic carbocycles. The van der Waals surface area contributed by atoms with Crippen molar-refractivity contribution in [1.29, 1.82) is 0 Å². The van der Waals surface area contributed by atoms with E-state index in [1.54, 1.807) is 43.5 Å². The number of ether oxygens (including phenoxy) is 1. The highest BCUT2D eigenvalue weighted by atomic mass is 16.5. The zero-order valence-corrected chi connectivity index (χ0v) is 21.0. The molecule has 188 valence electrons. The van der Waals surface area contributed by atoms with E-state index in [1.807, 2.05) is 72.8 Å². The Balaban J connectivity index is 1.69. The summed E-state index contributed by atoms with van der Waals surface area (Å²) in [7, 11) is 3.07. The lowest BCUT2D eigenvalue weighted by Crippen LogP contribution is -2.33. The van der Waals surface area contributed by atoms with Gasteiger partial charge in [0.2, 0.25) is 0 Å². The van der Waals surface area contributed by atoms with E-state index < -0.39 is 5.91 Å². The first kappa shape index (κ1) is 24.6. The first-order valence-electron chi connectivity index (χ1n) is 12.1. The van der Waals surface area contributed by atoms with E-state index in [0.717, 1.165) is 27.8 Å². The Labute approximate surface area is 220 Å². The number of methoxy groups -OCH3 is 1. The zero-order chi connectivity index (χ0) is 26.5. The molecule has 5 rings (SSSR count). The number of furan rings is 1. The molecule has 0 unspecified atom stereocenters. The predicted molar refractivity (Wildman–Crippen MR) is 150 cm³/mol. The molecule has 0 aliphatic carbocycles. The minimum absolute atomic E-state index is 0.0899. The number of hydrogen-bond donors (Lipinski definition) is 2. The molecule has 0 saturated carbocycles. The zero-order valence-electron chi connectivity index (χ0n) is 21.0. The Morgan fingerprint density at radius 1 is 0.816 bits per heavy atom. The number of carbonyl (C=O) groups excluding carboxylic acids is 2. The van der Waals surface area contributed by atoms with E-state index in [-0.39, 0.29) is 11.6 Å². The van der Waals surface area contributed by atoms with Gasteiger partial charge in [0.15, 0.2) is 0 Å². The van der Waals surface area contributed by atoms with Gasteiger partial charge in [0.1, 0.15) is 22.8 Å². The first-order valence-corrected chi connectivity index (χ1v) is 12.1. The number of hydrogen-bond acceptors (Lipinski definition) is 4. The minimum atomic E-state index is -0.433. The van der Waals surface area contributed by atoms with Crippen LogP contribution in [0.4, 0.5) is 0 Å². The van der Waals surface area contributed by atoms with E-state index in [1.165, 1.54) is 7.05 Å². The van der Waals surface area contributed by atoms with Crippen molar-refractivity contribution in [1.82, 2.24) is 10.6 Å². The van der Waals surface area contributed by atoms with Crippen LogP contribution < -0.4 is 15.4 Å². The van der Waals surface area contributed by atoms with Gasteiger partial charge in [-0.2, -0.15) is 0 Å². The highest BCUT2D eigenvalue weighted by molar-refractivity contribution is 6.07. The van der Waals surface area contributed by atoms with E-state index in [4.69, 9.17) is 9.15 Å². The Morgan fingerprint density at radius 3 is 2.03 bits per heavy atom. The van der Waals surface area contributed by atoms with Crippen LogP contribution in [0, 0.1) is 0 Å². The molecule has 0 saturated heterocycles. The molecule has 2 N–H and O–H groups in total. The molecule has 6 heteroatoms. The minimum Gasteiger partial charge on any atom is -0.496 e. The fourth-order valence-electron chi connectivity index (χ4n) is 4.35. The lowest BCUT2D eigenvalue weighted by Gasteiger charge is -2.11. The van der Waals surface area contributed by atoms with Gasteiger partial charge in [-0.15, -0.1) is 0 Å². The molecule has 6 nitrogen and oxygen atoms in total. The maximum absolute atomic E-state index is 12.9. The molecule has 0 spiro atoms. The van der Waals surface area contributed by atoms with E-state index in [2.05, 4.69) is 10.6 Å². The van der Waals surface area contributed by atoms with Crippen LogP contribution in [0.5, 0.6) is 5.75 Å². The summed E-state index contributed by atoms with van der Waals surface area (Å²) in [5, 5.41) is 6.19. The van der Waals surface area contributed by atoms with Crippen LogP contribution >= 0.6 is 0 Å². The second-order valence-corrected chi connectivity index (χ2v) is 8.59. The molecule has 2 amide bonds. The highest BCUT2D eigenvalue weighted by Gasteiger charge is 2.21. The van der Waals surface area contributed by atoms with Gasteiger partial charge in [0, 0.05) is 40.8 Å². The number of amides is 2. The number of likely N-dealkylation sites (N-methyl/N-ethyl adjacent to an activating group) is 1. The number of benzene rings is 4. The van der Waals surface area contributed by atoms with Crippen LogP contribution in [0.1, 0.15) is 15.9 Å². The Bertz CT molecular complexity index is 1620. The summed E-state index contributed by atoms with van der Waals surface area (Å²) in [4.78, 5) is 25.6. The number of fused-ring (bicyclic) bond motifs is 1. The molecule has 38 heavy (non-hydrogen) atoms. The van der Waals surface area contributed by atoms with E-state index in [0.29, 0.717) is 22.5 Å². The van der Waals surface area contributed by atoms with Gasteiger partial charge < -0.3 is 19.8 Å². The predicted octanol–water partition coefficient (Wildman–Crippen LogP) is 6.29. The lowest BCUT2D eigenvalue weighted by atomic mass is 9.97. The highest BCUT2D eigenvalue weighted by Crippen LogP contribution is 2.43. The Hall–Kier alpha value is -5.10. The van der Waals surface area contributed by atoms with Gasteiger partial charge >= 0.3 is 0 Å². The second-order valence-electron chi connectivity index (χ2n) is 8.59. The van der Waals surface area contributed by atoms with E-state index in [9.17, 15) is 9.59 Å². The maximum atomic E-state index is 12.9. The molecule has 0 radical (unpaired) electrons. The van der Waals surface area contributed by atoms with Gasteiger partial charge in [-0.05, 0) is 29.8 Å². The summed E-state index contributed by atoms with van der Waals surface area (Å²) in [6, 6.07) is 32.4. The molecule has 1 heterocycles. The van der Waals surface area contributed by atoms with Crippen molar-refractivity contribution >= 4 is 28.9 Å². The SMILES string of the molecule is CNC(=O)/C(=C/c1cc2c(-c3ccccc3)c(-c3ccccc3)oc2cc1OC)NC(=O)c1ccccc1. The second kappa shape index (κ2) is 10.9. The molecule has 0 bridgehead atoms. The van der Waals surface area contributed by atoms with Gasteiger partial charge in [-0.3, -0.25) is 9.59 Å². The molecule has 0 fully saturated rings. The average molecular weight is 503 g/mol. The van der Waals surface area contributed by atoms with Crippen LogP contribution in [0.25, 0.3) is 39.5 Å². The third-order valence-electron chi connectivity index (χ3n) is 6.19. The fraction of sp³-hybridized carbons (Fsp3) is 0.0625. The standard InChI is InChI=1S/C32H26N2O4/c1-33-32(36)26(34-31(35)23-16-10-5-11-17-23)19-24-18-25-28(20-27(24)37-2)38-30(22-14-8-4-9-15-22)29(25)21-12-6-3-7-13-21/h3-20H,1-2H3,(H,33,36)(H,34,35)/b26-19-. The van der Waals surface area contributed by atoms with Gasteiger partial charge in [0.05, 0.1) is 7.11 Å². The van der Waals surface area contributed by atoms with Crippen LogP contribution in [-0.4, -0.2) is 26.0 Å². The smallest absolute Gasteiger partial charge is 0.267 e. The van der Waals surface area contributed by atoms with Crippen molar-refractivity contribution in [3.63, 3.8) is 0 Å². The van der Waals surface area contributed by atoms with Crippen molar-refractivity contribution in [2.24, 2.45) is 0 Å². The average Bonchev–Trinajstić information content (AvgIpc) is 3.35. The van der Waals surface area contributed by atoms with Crippen LogP contribution in [0.3, 0.4) is 0 Å². The van der Waals surface area contributed by atoms with Crippen molar-refractivity contribution < 1.29 is 18.7 Å².